The van der Waals surface area contributed by atoms with Crippen molar-refractivity contribution in [1.82, 2.24) is 14.9 Å². The van der Waals surface area contributed by atoms with Gasteiger partial charge in [0.1, 0.15) is 0 Å². The molecule has 5 heteroatoms. The Labute approximate surface area is 86.5 Å². The summed E-state index contributed by atoms with van der Waals surface area (Å²) >= 11 is 3.50. The average Bonchev–Trinajstić information content (AvgIpc) is 2.75. The molecule has 1 saturated heterocycles. The van der Waals surface area contributed by atoms with E-state index in [-0.39, 0.29) is 0 Å². The summed E-state index contributed by atoms with van der Waals surface area (Å²) in [5, 5.41) is 10.2. The van der Waals surface area contributed by atoms with Crippen LogP contribution in [0.25, 0.3) is 0 Å². The van der Waals surface area contributed by atoms with Crippen molar-refractivity contribution >= 4 is 23.3 Å². The second-order valence-corrected chi connectivity index (χ2v) is 5.18. The Balaban J connectivity index is 1.63. The molecule has 2 heterocycles. The standard InChI is InChI=1S/C8H13N3S2/c1-2-8(12-3-1)5-9-4-7-6-13-11-10-7/h6,8-9H,1-5H2. The third-order valence-corrected chi connectivity index (χ3v) is 4.06. The van der Waals surface area contributed by atoms with Gasteiger partial charge in [0.2, 0.25) is 0 Å². The van der Waals surface area contributed by atoms with Gasteiger partial charge in [0.15, 0.2) is 0 Å². The van der Waals surface area contributed by atoms with Crippen molar-refractivity contribution in [3.8, 4) is 0 Å². The number of hydrogen-bond donors (Lipinski definition) is 1. The van der Waals surface area contributed by atoms with Crippen LogP contribution in [0.15, 0.2) is 5.38 Å². The van der Waals surface area contributed by atoms with Crippen LogP contribution in [0.3, 0.4) is 0 Å². The predicted molar refractivity (Wildman–Crippen MR) is 57.1 cm³/mol. The Kier molecular flexibility index (Phi) is 3.57. The summed E-state index contributed by atoms with van der Waals surface area (Å²) in [6, 6.07) is 0. The molecule has 1 aromatic heterocycles. The quantitative estimate of drug-likeness (QED) is 0.826. The number of aromatic nitrogens is 2. The third kappa shape index (κ3) is 2.93. The van der Waals surface area contributed by atoms with Gasteiger partial charge in [0.05, 0.1) is 5.69 Å². The van der Waals surface area contributed by atoms with Crippen LogP contribution >= 0.6 is 23.3 Å². The lowest BCUT2D eigenvalue weighted by molar-refractivity contribution is 0.637. The van der Waals surface area contributed by atoms with Crippen molar-refractivity contribution in [2.45, 2.75) is 24.6 Å². The van der Waals surface area contributed by atoms with E-state index < -0.39 is 0 Å². The molecule has 0 aliphatic carbocycles. The number of thioether (sulfide) groups is 1. The normalized spacial score (nSPS) is 22.3. The van der Waals surface area contributed by atoms with E-state index >= 15 is 0 Å². The summed E-state index contributed by atoms with van der Waals surface area (Å²) in [7, 11) is 0. The molecule has 0 amide bonds. The molecule has 0 saturated carbocycles. The van der Waals surface area contributed by atoms with Gasteiger partial charge in [0, 0.05) is 23.7 Å². The Morgan fingerprint density at radius 1 is 1.62 bits per heavy atom. The first-order valence-corrected chi connectivity index (χ1v) is 6.42. The molecule has 1 atom stereocenters. The van der Waals surface area contributed by atoms with Crippen LogP contribution < -0.4 is 5.32 Å². The minimum absolute atomic E-state index is 0.826. The zero-order chi connectivity index (χ0) is 8.93. The highest BCUT2D eigenvalue weighted by atomic mass is 32.2. The van der Waals surface area contributed by atoms with Crippen molar-refractivity contribution in [3.63, 3.8) is 0 Å². The van der Waals surface area contributed by atoms with Crippen molar-refractivity contribution in [2.24, 2.45) is 0 Å². The average molecular weight is 215 g/mol. The molecule has 0 spiro atoms. The van der Waals surface area contributed by atoms with Gasteiger partial charge in [-0.2, -0.15) is 11.8 Å². The Bertz CT molecular complexity index is 232. The summed E-state index contributed by atoms with van der Waals surface area (Å²) in [6.45, 7) is 1.98. The maximum absolute atomic E-state index is 3.98. The molecule has 0 aromatic carbocycles. The molecular formula is C8H13N3S2. The molecular weight excluding hydrogens is 202 g/mol. The highest BCUT2D eigenvalue weighted by Crippen LogP contribution is 2.25. The summed E-state index contributed by atoms with van der Waals surface area (Å²) < 4.78 is 3.82. The Morgan fingerprint density at radius 3 is 3.31 bits per heavy atom. The van der Waals surface area contributed by atoms with Gasteiger partial charge in [-0.05, 0) is 30.1 Å². The van der Waals surface area contributed by atoms with E-state index in [0.717, 1.165) is 24.0 Å². The Hall–Kier alpha value is -0.130. The van der Waals surface area contributed by atoms with Gasteiger partial charge >= 0.3 is 0 Å². The molecule has 1 fully saturated rings. The van der Waals surface area contributed by atoms with Crippen molar-refractivity contribution in [1.29, 1.82) is 0 Å². The van der Waals surface area contributed by atoms with Crippen molar-refractivity contribution in [3.05, 3.63) is 11.1 Å². The first kappa shape index (κ1) is 9.43. The van der Waals surface area contributed by atoms with Gasteiger partial charge in [-0.1, -0.05) is 4.49 Å². The summed E-state index contributed by atoms with van der Waals surface area (Å²) in [6.07, 6.45) is 2.75. The van der Waals surface area contributed by atoms with Crippen molar-refractivity contribution < 1.29 is 0 Å². The topological polar surface area (TPSA) is 37.8 Å². The molecule has 1 aliphatic rings. The van der Waals surface area contributed by atoms with E-state index in [1.54, 1.807) is 0 Å². The maximum atomic E-state index is 3.98. The first-order valence-electron chi connectivity index (χ1n) is 4.53. The molecule has 1 unspecified atom stereocenters. The van der Waals surface area contributed by atoms with E-state index in [4.69, 9.17) is 0 Å². The number of hydrogen-bond acceptors (Lipinski definition) is 5. The lowest BCUT2D eigenvalue weighted by Gasteiger charge is -2.07. The minimum atomic E-state index is 0.826. The van der Waals surface area contributed by atoms with Gasteiger partial charge in [-0.15, -0.1) is 5.10 Å². The van der Waals surface area contributed by atoms with Crippen LogP contribution in [0.2, 0.25) is 0 Å². The molecule has 1 N–H and O–H groups in total. The number of rotatable bonds is 4. The molecule has 1 aliphatic heterocycles. The highest BCUT2D eigenvalue weighted by Gasteiger charge is 2.14. The van der Waals surface area contributed by atoms with Crippen LogP contribution in [0.1, 0.15) is 18.5 Å². The van der Waals surface area contributed by atoms with E-state index in [0.29, 0.717) is 0 Å². The fraction of sp³-hybridized carbons (Fsp3) is 0.750. The van der Waals surface area contributed by atoms with E-state index in [9.17, 15) is 0 Å². The zero-order valence-corrected chi connectivity index (χ0v) is 9.03. The lowest BCUT2D eigenvalue weighted by atomic mass is 10.2. The SMILES string of the molecule is c1snnc1CNCC1CCCS1. The fourth-order valence-electron chi connectivity index (χ4n) is 1.43. The van der Waals surface area contributed by atoms with Gasteiger partial charge in [-0.3, -0.25) is 0 Å². The zero-order valence-electron chi connectivity index (χ0n) is 7.40. The second kappa shape index (κ2) is 4.93. The molecule has 72 valence electrons. The third-order valence-electron chi connectivity index (χ3n) is 2.11. The molecule has 13 heavy (non-hydrogen) atoms. The molecule has 0 radical (unpaired) electrons. The maximum Gasteiger partial charge on any atom is 0.0893 e. The smallest absolute Gasteiger partial charge is 0.0893 e. The van der Waals surface area contributed by atoms with E-state index in [1.165, 1.54) is 30.1 Å². The van der Waals surface area contributed by atoms with Gasteiger partial charge in [0.25, 0.3) is 0 Å². The molecule has 3 nitrogen and oxygen atoms in total. The van der Waals surface area contributed by atoms with Gasteiger partial charge in [-0.25, -0.2) is 0 Å². The predicted octanol–water partition coefficient (Wildman–Crippen LogP) is 1.52. The molecule has 1 aromatic rings. The van der Waals surface area contributed by atoms with Gasteiger partial charge < -0.3 is 5.32 Å². The van der Waals surface area contributed by atoms with Crippen LogP contribution in [0.5, 0.6) is 0 Å². The second-order valence-electron chi connectivity index (χ2n) is 3.16. The summed E-state index contributed by atoms with van der Waals surface area (Å²) in [5.41, 5.74) is 1.06. The monoisotopic (exact) mass is 215 g/mol. The van der Waals surface area contributed by atoms with Crippen LogP contribution in [0, 0.1) is 0 Å². The number of nitrogens with zero attached hydrogens (tertiary/aromatic N) is 2. The van der Waals surface area contributed by atoms with E-state index in [2.05, 4.69) is 26.7 Å². The Morgan fingerprint density at radius 2 is 2.62 bits per heavy atom. The molecule has 0 bridgehead atoms. The van der Waals surface area contributed by atoms with Crippen LogP contribution in [-0.4, -0.2) is 27.1 Å². The highest BCUT2D eigenvalue weighted by molar-refractivity contribution is 8.00. The molecule has 2 rings (SSSR count). The lowest BCUT2D eigenvalue weighted by Crippen LogP contribution is -2.22. The number of nitrogens with one attached hydrogen (secondary N) is 1. The summed E-state index contributed by atoms with van der Waals surface area (Å²) in [5.74, 6) is 1.34. The first-order chi connectivity index (χ1) is 6.45. The van der Waals surface area contributed by atoms with Crippen LogP contribution in [-0.2, 0) is 6.54 Å². The van der Waals surface area contributed by atoms with E-state index in [1.807, 2.05) is 5.38 Å². The van der Waals surface area contributed by atoms with Crippen LogP contribution in [0.4, 0.5) is 0 Å². The largest absolute Gasteiger partial charge is 0.310 e. The van der Waals surface area contributed by atoms with Crippen molar-refractivity contribution in [2.75, 3.05) is 12.3 Å². The summed E-state index contributed by atoms with van der Waals surface area (Å²) in [4.78, 5) is 0. The minimum Gasteiger partial charge on any atom is -0.310 e. The fourth-order valence-corrected chi connectivity index (χ4v) is 3.11.